The number of amides is 2. The van der Waals surface area contributed by atoms with Crippen LogP contribution in [-0.2, 0) is 9.59 Å². The van der Waals surface area contributed by atoms with Crippen LogP contribution in [-0.4, -0.2) is 23.5 Å². The standard InChI is InChI=1S/C15H14BrN3O3/c1-9-6-13(18-22-9)19-8-10(7-14(19)20)15(21)17-12-4-2-11(16)3-5-12/h2-6,10H,7-8H2,1H3,(H,17,21). The fraction of sp³-hybridized carbons (Fsp3) is 0.267. The predicted octanol–water partition coefficient (Wildman–Crippen LogP) is 2.74. The Labute approximate surface area is 135 Å². The summed E-state index contributed by atoms with van der Waals surface area (Å²) in [5.41, 5.74) is 0.705. The van der Waals surface area contributed by atoms with E-state index in [0.717, 1.165) is 4.47 Å². The average Bonchev–Trinajstić information content (AvgIpc) is 3.07. The van der Waals surface area contributed by atoms with Gasteiger partial charge in [0.05, 0.1) is 5.92 Å². The lowest BCUT2D eigenvalue weighted by Gasteiger charge is -2.13. The molecule has 1 aliphatic heterocycles. The van der Waals surface area contributed by atoms with Crippen LogP contribution < -0.4 is 10.2 Å². The van der Waals surface area contributed by atoms with Crippen LogP contribution in [0, 0.1) is 12.8 Å². The van der Waals surface area contributed by atoms with Gasteiger partial charge in [-0.3, -0.25) is 14.5 Å². The van der Waals surface area contributed by atoms with Crippen LogP contribution in [0.1, 0.15) is 12.2 Å². The van der Waals surface area contributed by atoms with Crippen LogP contribution in [0.2, 0.25) is 0 Å². The van der Waals surface area contributed by atoms with E-state index >= 15 is 0 Å². The van der Waals surface area contributed by atoms with E-state index in [1.807, 2.05) is 12.1 Å². The molecule has 2 aromatic rings. The third-order valence-electron chi connectivity index (χ3n) is 3.50. The highest BCUT2D eigenvalue weighted by Gasteiger charge is 2.36. The number of carbonyl (C=O) groups excluding carboxylic acids is 2. The molecule has 1 atom stereocenters. The summed E-state index contributed by atoms with van der Waals surface area (Å²) in [7, 11) is 0. The van der Waals surface area contributed by atoms with Gasteiger partial charge in [0.2, 0.25) is 11.8 Å². The Morgan fingerprint density at radius 1 is 1.41 bits per heavy atom. The Hall–Kier alpha value is -2.15. The molecule has 0 aliphatic carbocycles. The number of hydrogen-bond acceptors (Lipinski definition) is 4. The minimum atomic E-state index is -0.395. The van der Waals surface area contributed by atoms with Crippen LogP contribution >= 0.6 is 15.9 Å². The summed E-state index contributed by atoms with van der Waals surface area (Å²) in [6, 6.07) is 8.99. The number of carbonyl (C=O) groups is 2. The molecule has 1 aromatic carbocycles. The highest BCUT2D eigenvalue weighted by atomic mass is 79.9. The summed E-state index contributed by atoms with van der Waals surface area (Å²) in [6.07, 6.45) is 0.175. The maximum Gasteiger partial charge on any atom is 0.229 e. The Morgan fingerprint density at radius 2 is 2.14 bits per heavy atom. The molecule has 1 N–H and O–H groups in total. The van der Waals surface area contributed by atoms with Crippen molar-refractivity contribution in [3.05, 3.63) is 40.6 Å². The third-order valence-corrected chi connectivity index (χ3v) is 4.03. The lowest BCUT2D eigenvalue weighted by atomic mass is 10.1. The number of nitrogens with zero attached hydrogens (tertiary/aromatic N) is 2. The van der Waals surface area contributed by atoms with Crippen molar-refractivity contribution in [3.8, 4) is 0 Å². The van der Waals surface area contributed by atoms with Crippen LogP contribution in [0.3, 0.4) is 0 Å². The highest BCUT2D eigenvalue weighted by Crippen LogP contribution is 2.25. The number of nitrogens with one attached hydrogen (secondary N) is 1. The molecular weight excluding hydrogens is 350 g/mol. The SMILES string of the molecule is Cc1cc(N2CC(C(=O)Nc3ccc(Br)cc3)CC2=O)no1. The first-order valence-electron chi connectivity index (χ1n) is 6.83. The molecular formula is C15H14BrN3O3. The van der Waals surface area contributed by atoms with Gasteiger partial charge < -0.3 is 9.84 Å². The molecule has 3 rings (SSSR count). The first kappa shape index (κ1) is 14.8. The Balaban J connectivity index is 1.67. The van der Waals surface area contributed by atoms with Gasteiger partial charge in [-0.15, -0.1) is 0 Å². The zero-order valence-corrected chi connectivity index (χ0v) is 13.5. The molecule has 0 saturated carbocycles. The zero-order valence-electron chi connectivity index (χ0n) is 11.9. The van der Waals surface area contributed by atoms with E-state index in [1.165, 1.54) is 4.90 Å². The largest absolute Gasteiger partial charge is 0.360 e. The van der Waals surface area contributed by atoms with E-state index in [0.29, 0.717) is 23.8 Å². The molecule has 1 aromatic heterocycles. The molecule has 1 aliphatic rings. The highest BCUT2D eigenvalue weighted by molar-refractivity contribution is 9.10. The zero-order chi connectivity index (χ0) is 15.7. The van der Waals surface area contributed by atoms with Gasteiger partial charge in [-0.25, -0.2) is 0 Å². The van der Waals surface area contributed by atoms with Crippen LogP contribution in [0.25, 0.3) is 0 Å². The van der Waals surface area contributed by atoms with Crippen molar-refractivity contribution >= 4 is 39.2 Å². The molecule has 2 heterocycles. The first-order valence-corrected chi connectivity index (χ1v) is 7.62. The second-order valence-corrected chi connectivity index (χ2v) is 6.11. The van der Waals surface area contributed by atoms with Gasteiger partial charge in [-0.1, -0.05) is 21.1 Å². The topological polar surface area (TPSA) is 75.4 Å². The quantitative estimate of drug-likeness (QED) is 0.909. The van der Waals surface area contributed by atoms with E-state index in [9.17, 15) is 9.59 Å². The summed E-state index contributed by atoms with van der Waals surface area (Å²) in [5, 5.41) is 6.66. The Bertz CT molecular complexity index is 711. The van der Waals surface area contributed by atoms with Crippen molar-refractivity contribution in [3.63, 3.8) is 0 Å². The lowest BCUT2D eigenvalue weighted by Crippen LogP contribution is -2.28. The lowest BCUT2D eigenvalue weighted by molar-refractivity contribution is -0.122. The molecule has 114 valence electrons. The van der Waals surface area contributed by atoms with Crippen molar-refractivity contribution in [2.75, 3.05) is 16.8 Å². The summed E-state index contributed by atoms with van der Waals surface area (Å²) < 4.78 is 5.92. The Morgan fingerprint density at radius 3 is 2.77 bits per heavy atom. The molecule has 0 spiro atoms. The monoisotopic (exact) mass is 363 g/mol. The van der Waals surface area contributed by atoms with E-state index < -0.39 is 5.92 Å². The number of benzene rings is 1. The smallest absolute Gasteiger partial charge is 0.229 e. The van der Waals surface area contributed by atoms with Gasteiger partial charge in [0.25, 0.3) is 0 Å². The van der Waals surface area contributed by atoms with E-state index in [2.05, 4.69) is 26.4 Å². The van der Waals surface area contributed by atoms with Crippen molar-refractivity contribution in [1.82, 2.24) is 5.16 Å². The van der Waals surface area contributed by atoms with Gasteiger partial charge in [-0.05, 0) is 31.2 Å². The van der Waals surface area contributed by atoms with Gasteiger partial charge in [0, 0.05) is 29.2 Å². The Kier molecular flexibility index (Phi) is 3.98. The number of rotatable bonds is 3. The fourth-order valence-corrected chi connectivity index (χ4v) is 2.63. The van der Waals surface area contributed by atoms with Crippen LogP contribution in [0.4, 0.5) is 11.5 Å². The molecule has 0 bridgehead atoms. The van der Waals surface area contributed by atoms with Gasteiger partial charge in [-0.2, -0.15) is 0 Å². The maximum absolute atomic E-state index is 12.3. The minimum absolute atomic E-state index is 0.121. The summed E-state index contributed by atoms with van der Waals surface area (Å²) in [5.74, 6) is 0.405. The van der Waals surface area contributed by atoms with Crippen molar-refractivity contribution < 1.29 is 14.1 Å². The molecule has 7 heteroatoms. The number of aryl methyl sites for hydroxylation is 1. The van der Waals surface area contributed by atoms with Crippen molar-refractivity contribution in [2.24, 2.45) is 5.92 Å². The molecule has 6 nitrogen and oxygen atoms in total. The molecule has 1 fully saturated rings. The summed E-state index contributed by atoms with van der Waals surface area (Å²) in [6.45, 7) is 2.07. The third kappa shape index (κ3) is 3.04. The minimum Gasteiger partial charge on any atom is -0.360 e. The maximum atomic E-state index is 12.3. The molecule has 22 heavy (non-hydrogen) atoms. The number of anilines is 2. The predicted molar refractivity (Wildman–Crippen MR) is 84.5 cm³/mol. The van der Waals surface area contributed by atoms with Crippen LogP contribution in [0.5, 0.6) is 0 Å². The van der Waals surface area contributed by atoms with Crippen molar-refractivity contribution in [1.29, 1.82) is 0 Å². The number of aromatic nitrogens is 1. The van der Waals surface area contributed by atoms with E-state index in [-0.39, 0.29) is 18.2 Å². The van der Waals surface area contributed by atoms with Gasteiger partial charge in [0.15, 0.2) is 5.82 Å². The normalized spacial score (nSPS) is 17.8. The van der Waals surface area contributed by atoms with Gasteiger partial charge >= 0.3 is 0 Å². The first-order chi connectivity index (χ1) is 10.5. The van der Waals surface area contributed by atoms with Crippen molar-refractivity contribution in [2.45, 2.75) is 13.3 Å². The van der Waals surface area contributed by atoms with E-state index in [4.69, 9.17) is 4.52 Å². The second kappa shape index (κ2) is 5.92. The fourth-order valence-electron chi connectivity index (χ4n) is 2.36. The molecule has 1 saturated heterocycles. The summed E-state index contributed by atoms with van der Waals surface area (Å²) in [4.78, 5) is 25.8. The average molecular weight is 364 g/mol. The van der Waals surface area contributed by atoms with Crippen LogP contribution in [0.15, 0.2) is 39.3 Å². The number of halogens is 1. The molecule has 2 amide bonds. The van der Waals surface area contributed by atoms with E-state index in [1.54, 1.807) is 25.1 Å². The number of hydrogen-bond donors (Lipinski definition) is 1. The molecule has 1 unspecified atom stereocenters. The second-order valence-electron chi connectivity index (χ2n) is 5.20. The van der Waals surface area contributed by atoms with Gasteiger partial charge in [0.1, 0.15) is 5.76 Å². The molecule has 0 radical (unpaired) electrons. The summed E-state index contributed by atoms with van der Waals surface area (Å²) >= 11 is 3.34.